The fourth-order valence-corrected chi connectivity index (χ4v) is 2.27. The van der Waals surface area contributed by atoms with E-state index in [1.165, 1.54) is 7.11 Å². The van der Waals surface area contributed by atoms with E-state index in [1.54, 1.807) is 12.3 Å². The first-order valence-electron chi connectivity index (χ1n) is 6.67. The van der Waals surface area contributed by atoms with Crippen LogP contribution in [0.4, 0.5) is 0 Å². The van der Waals surface area contributed by atoms with Gasteiger partial charge in [-0.15, -0.1) is 0 Å². The van der Waals surface area contributed by atoms with Crippen LogP contribution in [0.2, 0.25) is 0 Å². The standard InChI is InChI=1S/C14H16N2O5/c1-18-14(17)13-9-16(4-6-20-13)8-10-7-12(21-15-10)11-3-2-5-19-11/h2-3,5,7,13H,4,6,8-9H2,1H3. The number of carbonyl (C=O) groups is 1. The van der Waals surface area contributed by atoms with Crippen molar-refractivity contribution in [3.05, 3.63) is 30.2 Å². The molecule has 0 N–H and O–H groups in total. The van der Waals surface area contributed by atoms with Gasteiger partial charge in [0.25, 0.3) is 0 Å². The van der Waals surface area contributed by atoms with Crippen LogP contribution < -0.4 is 0 Å². The molecule has 3 heterocycles. The van der Waals surface area contributed by atoms with Crippen molar-refractivity contribution in [1.29, 1.82) is 0 Å². The number of rotatable bonds is 4. The molecule has 0 saturated carbocycles. The Morgan fingerprint density at radius 3 is 3.19 bits per heavy atom. The first-order chi connectivity index (χ1) is 10.3. The van der Waals surface area contributed by atoms with Crippen molar-refractivity contribution in [2.45, 2.75) is 12.6 Å². The summed E-state index contributed by atoms with van der Waals surface area (Å²) in [5.41, 5.74) is 0.784. The highest BCUT2D eigenvalue weighted by molar-refractivity contribution is 5.74. The van der Waals surface area contributed by atoms with Crippen LogP contribution in [0.25, 0.3) is 11.5 Å². The Bertz CT molecular complexity index is 592. The molecular formula is C14H16N2O5. The molecular weight excluding hydrogens is 276 g/mol. The van der Waals surface area contributed by atoms with E-state index in [1.807, 2.05) is 12.1 Å². The largest absolute Gasteiger partial charge is 0.467 e. The lowest BCUT2D eigenvalue weighted by Gasteiger charge is -2.30. The van der Waals surface area contributed by atoms with Gasteiger partial charge in [-0.3, -0.25) is 4.90 Å². The van der Waals surface area contributed by atoms with Gasteiger partial charge in [-0.05, 0) is 12.1 Å². The Morgan fingerprint density at radius 1 is 1.52 bits per heavy atom. The van der Waals surface area contributed by atoms with Crippen LogP contribution in [-0.4, -0.2) is 48.9 Å². The van der Waals surface area contributed by atoms with E-state index in [0.717, 1.165) is 12.2 Å². The number of methoxy groups -OCH3 is 1. The third kappa shape index (κ3) is 3.14. The summed E-state index contributed by atoms with van der Waals surface area (Å²) in [4.78, 5) is 13.6. The summed E-state index contributed by atoms with van der Waals surface area (Å²) >= 11 is 0. The highest BCUT2D eigenvalue weighted by Crippen LogP contribution is 2.21. The lowest BCUT2D eigenvalue weighted by atomic mass is 10.2. The van der Waals surface area contributed by atoms with Gasteiger partial charge >= 0.3 is 5.97 Å². The fraction of sp³-hybridized carbons (Fsp3) is 0.429. The molecule has 1 fully saturated rings. The van der Waals surface area contributed by atoms with Crippen LogP contribution in [0.1, 0.15) is 5.69 Å². The molecule has 0 spiro atoms. The van der Waals surface area contributed by atoms with Gasteiger partial charge in [0, 0.05) is 25.7 Å². The molecule has 112 valence electrons. The summed E-state index contributed by atoms with van der Waals surface area (Å²) in [6.07, 6.45) is 1.04. The van der Waals surface area contributed by atoms with Crippen LogP contribution in [0.15, 0.2) is 33.4 Å². The Balaban J connectivity index is 1.62. The summed E-state index contributed by atoms with van der Waals surface area (Å²) < 4.78 is 20.6. The number of aromatic nitrogens is 1. The maximum Gasteiger partial charge on any atom is 0.336 e. The molecule has 2 aromatic rings. The summed E-state index contributed by atoms with van der Waals surface area (Å²) in [5.74, 6) is 0.882. The van der Waals surface area contributed by atoms with Crippen molar-refractivity contribution in [3.8, 4) is 11.5 Å². The van der Waals surface area contributed by atoms with E-state index in [-0.39, 0.29) is 5.97 Å². The lowest BCUT2D eigenvalue weighted by Crippen LogP contribution is -2.46. The molecule has 0 aliphatic carbocycles. The molecule has 0 aromatic carbocycles. The van der Waals surface area contributed by atoms with Crippen molar-refractivity contribution < 1.29 is 23.2 Å². The van der Waals surface area contributed by atoms with Crippen LogP contribution in [0.5, 0.6) is 0 Å². The van der Waals surface area contributed by atoms with Gasteiger partial charge in [-0.25, -0.2) is 4.79 Å². The molecule has 1 aliphatic heterocycles. The van der Waals surface area contributed by atoms with Gasteiger partial charge in [0.2, 0.25) is 5.76 Å². The molecule has 3 rings (SSSR count). The highest BCUT2D eigenvalue weighted by Gasteiger charge is 2.27. The number of morpholine rings is 1. The summed E-state index contributed by atoms with van der Waals surface area (Å²) in [6, 6.07) is 5.44. The normalized spacial score (nSPS) is 19.6. The maximum absolute atomic E-state index is 11.5. The van der Waals surface area contributed by atoms with Crippen molar-refractivity contribution in [2.75, 3.05) is 26.8 Å². The minimum absolute atomic E-state index is 0.351. The van der Waals surface area contributed by atoms with Crippen LogP contribution >= 0.6 is 0 Å². The number of carbonyl (C=O) groups excluding carboxylic acids is 1. The zero-order valence-corrected chi connectivity index (χ0v) is 11.7. The molecule has 1 saturated heterocycles. The van der Waals surface area contributed by atoms with Gasteiger partial charge in [-0.2, -0.15) is 0 Å². The number of hydrogen-bond donors (Lipinski definition) is 0. The molecule has 21 heavy (non-hydrogen) atoms. The topological polar surface area (TPSA) is 77.9 Å². The van der Waals surface area contributed by atoms with Gasteiger partial charge < -0.3 is 18.4 Å². The second-order valence-corrected chi connectivity index (χ2v) is 4.78. The number of hydrogen-bond acceptors (Lipinski definition) is 7. The number of nitrogens with zero attached hydrogens (tertiary/aromatic N) is 2. The predicted octanol–water partition coefficient (Wildman–Crippen LogP) is 1.31. The van der Waals surface area contributed by atoms with Crippen molar-refractivity contribution in [2.24, 2.45) is 0 Å². The van der Waals surface area contributed by atoms with Crippen molar-refractivity contribution in [1.82, 2.24) is 10.1 Å². The zero-order valence-electron chi connectivity index (χ0n) is 11.7. The van der Waals surface area contributed by atoms with Crippen LogP contribution in [-0.2, 0) is 20.8 Å². The monoisotopic (exact) mass is 292 g/mol. The smallest absolute Gasteiger partial charge is 0.336 e. The first-order valence-corrected chi connectivity index (χ1v) is 6.67. The number of esters is 1. The van der Waals surface area contributed by atoms with Crippen LogP contribution in [0, 0.1) is 0 Å². The molecule has 1 unspecified atom stereocenters. The minimum Gasteiger partial charge on any atom is -0.467 e. The van der Waals surface area contributed by atoms with Gasteiger partial charge in [0.1, 0.15) is 0 Å². The maximum atomic E-state index is 11.5. The molecule has 0 radical (unpaired) electrons. The average Bonchev–Trinajstić information content (AvgIpc) is 3.17. The van der Waals surface area contributed by atoms with Gasteiger partial charge in [0.05, 0.1) is 25.7 Å². The Kier molecular flexibility index (Phi) is 4.03. The lowest BCUT2D eigenvalue weighted by molar-refractivity contribution is -0.160. The molecule has 1 atom stereocenters. The summed E-state index contributed by atoms with van der Waals surface area (Å²) in [6.45, 7) is 2.29. The first kappa shape index (κ1) is 13.8. The Labute approximate surface area is 121 Å². The number of furan rings is 1. The SMILES string of the molecule is COC(=O)C1CN(Cc2cc(-c3ccco3)on2)CCO1. The highest BCUT2D eigenvalue weighted by atomic mass is 16.6. The van der Waals surface area contributed by atoms with Crippen LogP contribution in [0.3, 0.4) is 0 Å². The molecule has 7 heteroatoms. The van der Waals surface area contributed by atoms with E-state index in [2.05, 4.69) is 10.1 Å². The van der Waals surface area contributed by atoms with Gasteiger partial charge in [-0.1, -0.05) is 5.16 Å². The summed E-state index contributed by atoms with van der Waals surface area (Å²) in [5, 5.41) is 4.02. The second-order valence-electron chi connectivity index (χ2n) is 4.78. The van der Waals surface area contributed by atoms with Crippen molar-refractivity contribution >= 4 is 5.97 Å². The molecule has 7 nitrogen and oxygen atoms in total. The van der Waals surface area contributed by atoms with E-state index in [0.29, 0.717) is 31.2 Å². The number of ether oxygens (including phenoxy) is 2. The van der Waals surface area contributed by atoms with E-state index in [4.69, 9.17) is 18.4 Å². The summed E-state index contributed by atoms with van der Waals surface area (Å²) in [7, 11) is 1.36. The Hall–Kier alpha value is -2.12. The predicted molar refractivity (Wildman–Crippen MR) is 71.2 cm³/mol. The third-order valence-electron chi connectivity index (χ3n) is 3.32. The average molecular weight is 292 g/mol. The molecule has 2 aromatic heterocycles. The fourth-order valence-electron chi connectivity index (χ4n) is 2.27. The van der Waals surface area contributed by atoms with Gasteiger partial charge in [0.15, 0.2) is 11.9 Å². The Morgan fingerprint density at radius 2 is 2.43 bits per heavy atom. The van der Waals surface area contributed by atoms with E-state index in [9.17, 15) is 4.79 Å². The zero-order chi connectivity index (χ0) is 14.7. The minimum atomic E-state index is -0.541. The van der Waals surface area contributed by atoms with E-state index >= 15 is 0 Å². The second kappa shape index (κ2) is 6.11. The molecule has 0 bridgehead atoms. The molecule has 0 amide bonds. The molecule has 1 aliphatic rings. The van der Waals surface area contributed by atoms with E-state index < -0.39 is 6.10 Å². The quantitative estimate of drug-likeness (QED) is 0.786. The van der Waals surface area contributed by atoms with Crippen molar-refractivity contribution in [3.63, 3.8) is 0 Å². The third-order valence-corrected chi connectivity index (χ3v) is 3.32.